The van der Waals surface area contributed by atoms with Crippen LogP contribution in [0.5, 0.6) is 0 Å². The second-order valence-electron chi connectivity index (χ2n) is 4.35. The minimum absolute atomic E-state index is 0.226. The van der Waals surface area contributed by atoms with Crippen LogP contribution < -0.4 is 0 Å². The molecule has 1 heterocycles. The number of rotatable bonds is 4. The molecule has 0 spiro atoms. The van der Waals surface area contributed by atoms with Gasteiger partial charge in [-0.25, -0.2) is 4.79 Å². The molecule has 1 rings (SSSR count). The first-order valence-electron chi connectivity index (χ1n) is 5.34. The van der Waals surface area contributed by atoms with E-state index in [1.807, 2.05) is 0 Å². The van der Waals surface area contributed by atoms with Crippen molar-refractivity contribution in [1.82, 2.24) is 4.90 Å². The summed E-state index contributed by atoms with van der Waals surface area (Å²) in [6.45, 7) is 4.90. The molecule has 0 aromatic carbocycles. The van der Waals surface area contributed by atoms with E-state index < -0.39 is 5.97 Å². The lowest BCUT2D eigenvalue weighted by molar-refractivity contribution is -0.131. The number of aliphatic hydroxyl groups excluding tert-OH is 1. The van der Waals surface area contributed by atoms with Gasteiger partial charge in [0.15, 0.2) is 0 Å². The maximum Gasteiger partial charge on any atom is 0.328 e. The largest absolute Gasteiger partial charge is 0.478 e. The fraction of sp³-hybridized carbons (Fsp3) is 0.727. The zero-order chi connectivity index (χ0) is 11.3. The van der Waals surface area contributed by atoms with Gasteiger partial charge in [0.25, 0.3) is 0 Å². The van der Waals surface area contributed by atoms with Gasteiger partial charge in [-0.3, -0.25) is 4.90 Å². The van der Waals surface area contributed by atoms with E-state index in [2.05, 4.69) is 11.8 Å². The monoisotopic (exact) mass is 213 g/mol. The minimum Gasteiger partial charge on any atom is -0.478 e. The molecule has 4 nitrogen and oxygen atoms in total. The van der Waals surface area contributed by atoms with Crippen LogP contribution in [0.4, 0.5) is 0 Å². The standard InChI is InChI=1S/C11H19NO3/c1-9-5-10(8-13)7-12(6-9)4-2-3-11(14)15/h2-3,9-10,13H,4-8H2,1H3,(H,14,15). The molecule has 0 bridgehead atoms. The molecule has 15 heavy (non-hydrogen) atoms. The van der Waals surface area contributed by atoms with Gasteiger partial charge in [0, 0.05) is 32.3 Å². The Hall–Kier alpha value is -0.870. The van der Waals surface area contributed by atoms with Crippen LogP contribution in [0.15, 0.2) is 12.2 Å². The van der Waals surface area contributed by atoms with E-state index in [4.69, 9.17) is 10.2 Å². The van der Waals surface area contributed by atoms with Gasteiger partial charge in [-0.15, -0.1) is 0 Å². The van der Waals surface area contributed by atoms with E-state index in [-0.39, 0.29) is 6.61 Å². The molecule has 0 aromatic rings. The highest BCUT2D eigenvalue weighted by Gasteiger charge is 2.23. The Balaban J connectivity index is 2.37. The highest BCUT2D eigenvalue weighted by Crippen LogP contribution is 2.20. The summed E-state index contributed by atoms with van der Waals surface area (Å²) in [5.41, 5.74) is 0. The van der Waals surface area contributed by atoms with Crippen molar-refractivity contribution < 1.29 is 15.0 Å². The zero-order valence-corrected chi connectivity index (χ0v) is 9.09. The molecule has 4 heteroatoms. The van der Waals surface area contributed by atoms with Crippen molar-refractivity contribution in [2.24, 2.45) is 11.8 Å². The molecule has 0 aliphatic carbocycles. The van der Waals surface area contributed by atoms with E-state index in [0.29, 0.717) is 18.4 Å². The van der Waals surface area contributed by atoms with Gasteiger partial charge in [-0.1, -0.05) is 13.0 Å². The Morgan fingerprint density at radius 1 is 1.53 bits per heavy atom. The van der Waals surface area contributed by atoms with Crippen LogP contribution in [-0.4, -0.2) is 47.3 Å². The van der Waals surface area contributed by atoms with E-state index in [9.17, 15) is 4.79 Å². The maximum atomic E-state index is 10.3. The summed E-state index contributed by atoms with van der Waals surface area (Å²) in [7, 11) is 0. The van der Waals surface area contributed by atoms with Gasteiger partial charge in [0.05, 0.1) is 0 Å². The number of carboxylic acids is 1. The van der Waals surface area contributed by atoms with Gasteiger partial charge >= 0.3 is 5.97 Å². The Morgan fingerprint density at radius 3 is 2.87 bits per heavy atom. The molecule has 0 aromatic heterocycles. The average molecular weight is 213 g/mol. The normalized spacial score (nSPS) is 28.4. The SMILES string of the molecule is CC1CC(CO)CN(CC=CC(=O)O)C1. The van der Waals surface area contributed by atoms with Crippen LogP contribution in [0.3, 0.4) is 0 Å². The van der Waals surface area contributed by atoms with Crippen LogP contribution in [0, 0.1) is 11.8 Å². The van der Waals surface area contributed by atoms with Crippen LogP contribution in [0.1, 0.15) is 13.3 Å². The third-order valence-corrected chi connectivity index (χ3v) is 2.70. The summed E-state index contributed by atoms with van der Waals surface area (Å²) in [6, 6.07) is 0. The smallest absolute Gasteiger partial charge is 0.328 e. The number of carboxylic acid groups (broad SMARTS) is 1. The zero-order valence-electron chi connectivity index (χ0n) is 9.09. The van der Waals surface area contributed by atoms with Crippen molar-refractivity contribution in [3.63, 3.8) is 0 Å². The molecule has 0 amide bonds. The van der Waals surface area contributed by atoms with Crippen molar-refractivity contribution in [3.05, 3.63) is 12.2 Å². The predicted molar refractivity (Wildman–Crippen MR) is 57.6 cm³/mol. The topological polar surface area (TPSA) is 60.8 Å². The van der Waals surface area contributed by atoms with E-state index >= 15 is 0 Å². The Morgan fingerprint density at radius 2 is 2.27 bits per heavy atom. The molecular formula is C11H19NO3. The van der Waals surface area contributed by atoms with Gasteiger partial charge in [-0.05, 0) is 18.3 Å². The van der Waals surface area contributed by atoms with Gasteiger partial charge < -0.3 is 10.2 Å². The third kappa shape index (κ3) is 4.44. The van der Waals surface area contributed by atoms with Crippen LogP contribution >= 0.6 is 0 Å². The highest BCUT2D eigenvalue weighted by molar-refractivity contribution is 5.79. The average Bonchev–Trinajstić information content (AvgIpc) is 2.16. The summed E-state index contributed by atoms with van der Waals surface area (Å²) < 4.78 is 0. The highest BCUT2D eigenvalue weighted by atomic mass is 16.4. The second-order valence-corrected chi connectivity index (χ2v) is 4.35. The molecule has 2 unspecified atom stereocenters. The second kappa shape index (κ2) is 5.88. The molecular weight excluding hydrogens is 194 g/mol. The van der Waals surface area contributed by atoms with Crippen molar-refractivity contribution in [1.29, 1.82) is 0 Å². The van der Waals surface area contributed by atoms with Crippen LogP contribution in [0.25, 0.3) is 0 Å². The lowest BCUT2D eigenvalue weighted by Crippen LogP contribution is -2.40. The van der Waals surface area contributed by atoms with E-state index in [0.717, 1.165) is 19.5 Å². The van der Waals surface area contributed by atoms with Crippen LogP contribution in [0.2, 0.25) is 0 Å². The summed E-state index contributed by atoms with van der Waals surface area (Å²) in [6.07, 6.45) is 3.90. The van der Waals surface area contributed by atoms with Crippen molar-refractivity contribution >= 4 is 5.97 Å². The predicted octanol–water partition coefficient (Wildman–Crippen LogP) is 0.577. The minimum atomic E-state index is -0.904. The Bertz CT molecular complexity index is 240. The number of likely N-dealkylation sites (tertiary alicyclic amines) is 1. The first-order chi connectivity index (χ1) is 7.11. The third-order valence-electron chi connectivity index (χ3n) is 2.70. The van der Waals surface area contributed by atoms with Crippen LogP contribution in [-0.2, 0) is 4.79 Å². The summed E-state index contributed by atoms with van der Waals surface area (Å²) in [4.78, 5) is 12.5. The van der Waals surface area contributed by atoms with Gasteiger partial charge in [0.2, 0.25) is 0 Å². The number of hydrogen-bond donors (Lipinski definition) is 2. The number of aliphatic carboxylic acids is 1. The molecule has 0 saturated carbocycles. The molecule has 1 fully saturated rings. The molecule has 1 aliphatic heterocycles. The first-order valence-corrected chi connectivity index (χ1v) is 5.34. The molecule has 1 aliphatic rings. The quantitative estimate of drug-likeness (QED) is 0.671. The van der Waals surface area contributed by atoms with Crippen molar-refractivity contribution in [2.45, 2.75) is 13.3 Å². The van der Waals surface area contributed by atoms with Crippen molar-refractivity contribution in [3.8, 4) is 0 Å². The molecule has 86 valence electrons. The number of piperidine rings is 1. The molecule has 0 radical (unpaired) electrons. The lowest BCUT2D eigenvalue weighted by atomic mass is 9.91. The molecule has 2 atom stereocenters. The lowest BCUT2D eigenvalue weighted by Gasteiger charge is -2.35. The summed E-state index contributed by atoms with van der Waals surface area (Å²) >= 11 is 0. The van der Waals surface area contributed by atoms with E-state index in [1.165, 1.54) is 6.08 Å². The maximum absolute atomic E-state index is 10.3. The Kier molecular flexibility index (Phi) is 4.78. The molecule has 1 saturated heterocycles. The summed E-state index contributed by atoms with van der Waals surface area (Å²) in [5, 5.41) is 17.5. The van der Waals surface area contributed by atoms with Gasteiger partial charge in [-0.2, -0.15) is 0 Å². The number of aliphatic hydroxyl groups is 1. The number of nitrogens with zero attached hydrogens (tertiary/aromatic N) is 1. The fourth-order valence-electron chi connectivity index (χ4n) is 2.18. The first kappa shape index (κ1) is 12.2. The fourth-order valence-corrected chi connectivity index (χ4v) is 2.18. The molecule has 2 N–H and O–H groups in total. The number of hydrogen-bond acceptors (Lipinski definition) is 3. The van der Waals surface area contributed by atoms with Gasteiger partial charge in [0.1, 0.15) is 0 Å². The Labute approximate surface area is 90.2 Å². The van der Waals surface area contributed by atoms with E-state index in [1.54, 1.807) is 6.08 Å². The number of carbonyl (C=O) groups is 1. The summed E-state index contributed by atoms with van der Waals surface area (Å²) in [5.74, 6) is 0.0138. The van der Waals surface area contributed by atoms with Crippen molar-refractivity contribution in [2.75, 3.05) is 26.2 Å².